The molecule has 0 radical (unpaired) electrons. The summed E-state index contributed by atoms with van der Waals surface area (Å²) in [7, 11) is -3.64. The lowest BCUT2D eigenvalue weighted by atomic mass is 10.1. The number of non-ortho nitro benzene ring substituents is 1. The Morgan fingerprint density at radius 1 is 1.30 bits per heavy atom. The molecule has 1 aromatic heterocycles. The highest BCUT2D eigenvalue weighted by Crippen LogP contribution is 2.35. The minimum absolute atomic E-state index is 0.00825. The van der Waals surface area contributed by atoms with E-state index in [0.717, 1.165) is 22.9 Å². The minimum atomic E-state index is -3.64. The Labute approximate surface area is 153 Å². The Balaban J connectivity index is 1.73. The van der Waals surface area contributed by atoms with Crippen LogP contribution in [0.25, 0.3) is 0 Å². The molecule has 11 heteroatoms. The van der Waals surface area contributed by atoms with Crippen LogP contribution in [0.5, 0.6) is 0 Å². The molecule has 27 heavy (non-hydrogen) atoms. The number of nitrogens with zero attached hydrogens (tertiary/aromatic N) is 3. The first-order valence-corrected chi connectivity index (χ1v) is 9.84. The topological polar surface area (TPSA) is 138 Å². The molecule has 1 fully saturated rings. The fourth-order valence-corrected chi connectivity index (χ4v) is 5.02. The van der Waals surface area contributed by atoms with E-state index < -0.39 is 32.1 Å². The van der Waals surface area contributed by atoms with Gasteiger partial charge in [-0.2, -0.15) is 4.98 Å². The zero-order valence-electron chi connectivity index (χ0n) is 14.1. The van der Waals surface area contributed by atoms with Crippen molar-refractivity contribution in [2.24, 2.45) is 5.92 Å². The number of sulfone groups is 1. The highest BCUT2D eigenvalue weighted by Gasteiger charge is 2.31. The van der Waals surface area contributed by atoms with Gasteiger partial charge in [0.2, 0.25) is 0 Å². The molecule has 2 N–H and O–H groups in total. The molecule has 0 amide bonds. The number of hydrogen-bond acceptors (Lipinski definition) is 7. The minimum Gasteiger partial charge on any atom is -0.381 e. The molecular weight excluding hydrogens is 379 g/mol. The van der Waals surface area contributed by atoms with Gasteiger partial charge in [0.25, 0.3) is 5.69 Å². The summed E-state index contributed by atoms with van der Waals surface area (Å²) in [4.78, 5) is 25.4. The number of anilines is 1. The summed E-state index contributed by atoms with van der Waals surface area (Å²) in [6.07, 6.45) is 2.46. The number of halogens is 1. The average Bonchev–Trinajstić information content (AvgIpc) is 3.05. The second-order valence-electron chi connectivity index (χ2n) is 6.53. The highest BCUT2D eigenvalue weighted by atomic mass is 32.2. The summed E-state index contributed by atoms with van der Waals surface area (Å²) in [5, 5.41) is 10.7. The molecule has 0 unspecified atom stereocenters. The van der Waals surface area contributed by atoms with Gasteiger partial charge in [-0.3, -0.25) is 14.7 Å². The monoisotopic (exact) mass is 396 g/mol. The van der Waals surface area contributed by atoms with Crippen LogP contribution in [0.3, 0.4) is 0 Å². The van der Waals surface area contributed by atoms with Gasteiger partial charge < -0.3 is 5.73 Å². The lowest BCUT2D eigenvalue weighted by Gasteiger charge is -2.14. The fraction of sp³-hybridized carbons (Fsp3) is 0.375. The number of nitrogen functional groups attached to an aromatic ring is 1. The number of aromatic nitrogens is 2. The molecule has 1 aliphatic carbocycles. The van der Waals surface area contributed by atoms with Crippen LogP contribution in [0.4, 0.5) is 15.9 Å². The van der Waals surface area contributed by atoms with E-state index in [1.165, 1.54) is 12.1 Å². The van der Waals surface area contributed by atoms with E-state index in [9.17, 15) is 27.7 Å². The van der Waals surface area contributed by atoms with Crippen LogP contribution < -0.4 is 11.4 Å². The number of rotatable bonds is 5. The van der Waals surface area contributed by atoms with Gasteiger partial charge in [0.05, 0.1) is 15.6 Å². The molecule has 3 rings (SSSR count). The van der Waals surface area contributed by atoms with Crippen LogP contribution in [-0.4, -0.2) is 28.6 Å². The molecule has 1 heterocycles. The molecule has 0 spiro atoms. The van der Waals surface area contributed by atoms with Gasteiger partial charge in [0.1, 0.15) is 0 Å². The Kier molecular flexibility index (Phi) is 4.96. The summed E-state index contributed by atoms with van der Waals surface area (Å²) in [5.74, 6) is -1.63. The van der Waals surface area contributed by atoms with Crippen molar-refractivity contribution in [2.45, 2.75) is 30.2 Å². The van der Waals surface area contributed by atoms with Gasteiger partial charge in [0.15, 0.2) is 21.5 Å². The second kappa shape index (κ2) is 7.06. The normalized spacial score (nSPS) is 19.9. The summed E-state index contributed by atoms with van der Waals surface area (Å²) >= 11 is 0. The van der Waals surface area contributed by atoms with Crippen molar-refractivity contribution in [1.82, 2.24) is 9.55 Å². The van der Waals surface area contributed by atoms with E-state index in [4.69, 9.17) is 5.73 Å². The van der Waals surface area contributed by atoms with Crippen LogP contribution in [-0.2, 0) is 9.84 Å². The third-order valence-electron chi connectivity index (χ3n) is 4.70. The standard InChI is InChI=1S/C16H17FN4O5S/c17-14-8-20(16(22)19-15(14)18)12-2-1-10(7-12)9-27(25,26)13-5-3-11(4-6-13)21(23)24/h3-6,8,10,12H,1-2,7,9H2,(H2,18,19,22)/t10-,12-/m0/s1. The van der Waals surface area contributed by atoms with Crippen LogP contribution in [0, 0.1) is 21.8 Å². The van der Waals surface area contributed by atoms with Gasteiger partial charge in [-0.25, -0.2) is 17.6 Å². The first-order chi connectivity index (χ1) is 12.7. The number of nitrogens with two attached hydrogens (primary N) is 1. The van der Waals surface area contributed by atoms with Crippen molar-refractivity contribution >= 4 is 21.3 Å². The largest absolute Gasteiger partial charge is 0.381 e. The Bertz CT molecular complexity index is 1040. The summed E-state index contributed by atoms with van der Waals surface area (Å²) in [5.41, 5.74) is 4.42. The number of nitro groups is 1. The maximum absolute atomic E-state index is 13.6. The lowest BCUT2D eigenvalue weighted by molar-refractivity contribution is -0.384. The third-order valence-corrected chi connectivity index (χ3v) is 6.60. The predicted octanol–water partition coefficient (Wildman–Crippen LogP) is 1.69. The van der Waals surface area contributed by atoms with Gasteiger partial charge in [-0.1, -0.05) is 0 Å². The molecular formula is C16H17FN4O5S. The number of hydrogen-bond donors (Lipinski definition) is 1. The van der Waals surface area contributed by atoms with Crippen molar-refractivity contribution in [1.29, 1.82) is 0 Å². The fourth-order valence-electron chi connectivity index (χ4n) is 3.35. The molecule has 2 atom stereocenters. The van der Waals surface area contributed by atoms with Crippen molar-refractivity contribution in [3.8, 4) is 0 Å². The Morgan fingerprint density at radius 3 is 2.59 bits per heavy atom. The first-order valence-electron chi connectivity index (χ1n) is 8.19. The van der Waals surface area contributed by atoms with Crippen LogP contribution in [0.15, 0.2) is 40.2 Å². The van der Waals surface area contributed by atoms with Crippen LogP contribution >= 0.6 is 0 Å². The highest BCUT2D eigenvalue weighted by molar-refractivity contribution is 7.91. The quantitative estimate of drug-likeness (QED) is 0.599. The van der Waals surface area contributed by atoms with Crippen molar-refractivity contribution in [3.63, 3.8) is 0 Å². The second-order valence-corrected chi connectivity index (χ2v) is 8.56. The van der Waals surface area contributed by atoms with Crippen molar-refractivity contribution < 1.29 is 17.7 Å². The van der Waals surface area contributed by atoms with E-state index in [1.54, 1.807) is 0 Å². The van der Waals surface area contributed by atoms with E-state index in [-0.39, 0.29) is 28.3 Å². The first kappa shape index (κ1) is 19.0. The lowest BCUT2D eigenvalue weighted by Crippen LogP contribution is -2.27. The maximum Gasteiger partial charge on any atom is 0.349 e. The number of nitro benzene ring substituents is 1. The van der Waals surface area contributed by atoms with Gasteiger partial charge in [0, 0.05) is 24.4 Å². The van der Waals surface area contributed by atoms with E-state index >= 15 is 0 Å². The van der Waals surface area contributed by atoms with Gasteiger partial charge in [-0.05, 0) is 37.3 Å². The third kappa shape index (κ3) is 3.97. The van der Waals surface area contributed by atoms with Gasteiger partial charge >= 0.3 is 5.69 Å². The summed E-state index contributed by atoms with van der Waals surface area (Å²) in [6, 6.07) is 4.37. The maximum atomic E-state index is 13.6. The predicted molar refractivity (Wildman–Crippen MR) is 94.4 cm³/mol. The zero-order valence-corrected chi connectivity index (χ0v) is 14.9. The summed E-state index contributed by atoms with van der Waals surface area (Å²) < 4.78 is 39.9. The molecule has 0 aliphatic heterocycles. The molecule has 0 bridgehead atoms. The van der Waals surface area contributed by atoms with E-state index in [0.29, 0.717) is 19.3 Å². The molecule has 1 aromatic carbocycles. The van der Waals surface area contributed by atoms with E-state index in [2.05, 4.69) is 4.98 Å². The van der Waals surface area contributed by atoms with Crippen LogP contribution in [0.1, 0.15) is 25.3 Å². The zero-order chi connectivity index (χ0) is 19.8. The Hall–Kier alpha value is -2.82. The summed E-state index contributed by atoms with van der Waals surface area (Å²) in [6.45, 7) is 0. The van der Waals surface area contributed by atoms with Crippen LogP contribution in [0.2, 0.25) is 0 Å². The molecule has 2 aromatic rings. The smallest absolute Gasteiger partial charge is 0.349 e. The van der Waals surface area contributed by atoms with Gasteiger partial charge in [-0.15, -0.1) is 0 Å². The Morgan fingerprint density at radius 2 is 1.96 bits per heavy atom. The molecule has 9 nitrogen and oxygen atoms in total. The average molecular weight is 396 g/mol. The van der Waals surface area contributed by atoms with Crippen molar-refractivity contribution in [2.75, 3.05) is 11.5 Å². The SMILES string of the molecule is Nc1nc(=O)n([C@H]2CC[C@H](CS(=O)(=O)c3ccc([N+](=O)[O-])cc3)C2)cc1F. The van der Waals surface area contributed by atoms with E-state index in [1.807, 2.05) is 0 Å². The molecule has 144 valence electrons. The number of benzene rings is 1. The molecule has 1 saturated carbocycles. The van der Waals surface area contributed by atoms with Crippen molar-refractivity contribution in [3.05, 3.63) is 56.9 Å². The molecule has 0 saturated heterocycles. The molecule has 1 aliphatic rings.